The molecule has 1 amide bonds. The normalized spacial score (nSPS) is 12.8. The lowest BCUT2D eigenvalue weighted by Gasteiger charge is -2.28. The minimum atomic E-state index is -1.64. The van der Waals surface area contributed by atoms with Crippen LogP contribution in [0.25, 0.3) is 0 Å². The van der Waals surface area contributed by atoms with E-state index in [4.69, 9.17) is 34.8 Å². The van der Waals surface area contributed by atoms with Crippen LogP contribution in [0.4, 0.5) is 5.69 Å². The summed E-state index contributed by atoms with van der Waals surface area (Å²) in [5.74, 6) is -0.123. The molecule has 0 heterocycles. The quantitative estimate of drug-likeness (QED) is 0.400. The maximum absolute atomic E-state index is 12.0. The first-order valence-corrected chi connectivity index (χ1v) is 8.57. The van der Waals surface area contributed by atoms with Gasteiger partial charge in [-0.1, -0.05) is 72.3 Å². The van der Waals surface area contributed by atoms with Gasteiger partial charge < -0.3 is 10.6 Å². The maximum Gasteiger partial charge on any atom is 0.228 e. The Labute approximate surface area is 147 Å². The molecular weight excluding hydrogens is 343 g/mol. The molecule has 0 aliphatic heterocycles. The van der Waals surface area contributed by atoms with Crippen LogP contribution in [0.2, 0.25) is 0 Å². The summed E-state index contributed by atoms with van der Waals surface area (Å²) >= 11 is 18.0. The van der Waals surface area contributed by atoms with Crippen molar-refractivity contribution >= 4 is 46.4 Å². The highest BCUT2D eigenvalue weighted by Gasteiger charge is 2.34. The number of aryl methyl sites for hydroxylation is 2. The van der Waals surface area contributed by atoms with Crippen LogP contribution in [-0.4, -0.2) is 15.9 Å². The summed E-state index contributed by atoms with van der Waals surface area (Å²) in [7, 11) is 0. The van der Waals surface area contributed by atoms with Crippen LogP contribution in [0.15, 0.2) is 18.2 Å². The third kappa shape index (κ3) is 6.64. The molecule has 0 saturated heterocycles. The zero-order valence-electron chi connectivity index (χ0n) is 13.2. The van der Waals surface area contributed by atoms with Gasteiger partial charge >= 0.3 is 0 Å². The molecular formula is C16H23Cl3N2O. The molecule has 22 heavy (non-hydrogen) atoms. The van der Waals surface area contributed by atoms with Crippen LogP contribution in [0, 0.1) is 13.8 Å². The number of benzene rings is 1. The van der Waals surface area contributed by atoms with Gasteiger partial charge in [-0.25, -0.2) is 0 Å². The summed E-state index contributed by atoms with van der Waals surface area (Å²) in [5.41, 5.74) is 3.01. The molecule has 124 valence electrons. The Hall–Kier alpha value is -0.640. The zero-order chi connectivity index (χ0) is 16.8. The van der Waals surface area contributed by atoms with Gasteiger partial charge in [-0.05, 0) is 31.9 Å². The second-order valence-electron chi connectivity index (χ2n) is 5.46. The molecule has 0 radical (unpaired) electrons. The van der Waals surface area contributed by atoms with Crippen LogP contribution in [0.1, 0.15) is 43.7 Å². The first kappa shape index (κ1) is 19.4. The topological polar surface area (TPSA) is 41.1 Å². The maximum atomic E-state index is 12.0. The molecule has 2 N–H and O–H groups in total. The lowest BCUT2D eigenvalue weighted by molar-refractivity contribution is -0.121. The molecule has 0 fully saturated rings. The number of amides is 1. The number of alkyl halides is 3. The summed E-state index contributed by atoms with van der Waals surface area (Å²) in [6, 6.07) is 5.91. The number of carbonyl (C=O) groups is 1. The van der Waals surface area contributed by atoms with E-state index in [0.29, 0.717) is 6.42 Å². The number of halogens is 3. The van der Waals surface area contributed by atoms with E-state index in [0.717, 1.165) is 36.1 Å². The Morgan fingerprint density at radius 2 is 1.91 bits per heavy atom. The summed E-state index contributed by atoms with van der Waals surface area (Å²) < 4.78 is -1.64. The molecule has 0 unspecified atom stereocenters. The third-order valence-corrected chi connectivity index (χ3v) is 3.98. The van der Waals surface area contributed by atoms with E-state index in [1.807, 2.05) is 32.0 Å². The molecule has 0 saturated carbocycles. The molecule has 0 aromatic heterocycles. The number of hydrogen-bond donors (Lipinski definition) is 2. The van der Waals surface area contributed by atoms with Gasteiger partial charge in [-0.3, -0.25) is 4.79 Å². The van der Waals surface area contributed by atoms with E-state index in [2.05, 4.69) is 17.6 Å². The van der Waals surface area contributed by atoms with Gasteiger partial charge in [0.15, 0.2) is 0 Å². The van der Waals surface area contributed by atoms with Gasteiger partial charge in [0.25, 0.3) is 0 Å². The third-order valence-electron chi connectivity index (χ3n) is 3.32. The molecule has 1 aromatic carbocycles. The largest absolute Gasteiger partial charge is 0.362 e. The number of anilines is 1. The minimum Gasteiger partial charge on any atom is -0.362 e. The fraction of sp³-hybridized carbons (Fsp3) is 0.562. The van der Waals surface area contributed by atoms with Gasteiger partial charge in [-0.2, -0.15) is 0 Å². The molecule has 1 atom stereocenters. The van der Waals surface area contributed by atoms with Crippen LogP contribution < -0.4 is 10.6 Å². The number of carbonyl (C=O) groups excluding carboxylic acids is 1. The molecule has 0 aliphatic carbocycles. The van der Waals surface area contributed by atoms with Crippen molar-refractivity contribution in [2.24, 2.45) is 0 Å². The zero-order valence-corrected chi connectivity index (χ0v) is 15.4. The van der Waals surface area contributed by atoms with E-state index in [1.165, 1.54) is 0 Å². The van der Waals surface area contributed by atoms with Crippen molar-refractivity contribution in [2.45, 2.75) is 56.4 Å². The predicted molar refractivity (Wildman–Crippen MR) is 95.9 cm³/mol. The first-order chi connectivity index (χ1) is 10.2. The minimum absolute atomic E-state index is 0.123. The molecule has 3 nitrogen and oxygen atoms in total. The van der Waals surface area contributed by atoms with Crippen molar-refractivity contribution in [2.75, 3.05) is 5.32 Å². The molecule has 0 aliphatic rings. The second kappa shape index (κ2) is 8.85. The average Bonchev–Trinajstić information content (AvgIpc) is 2.40. The lowest BCUT2D eigenvalue weighted by atomic mass is 10.1. The molecule has 0 bridgehead atoms. The smallest absolute Gasteiger partial charge is 0.228 e. The predicted octanol–water partition coefficient (Wildman–Crippen LogP) is 5.11. The van der Waals surface area contributed by atoms with Gasteiger partial charge in [0.2, 0.25) is 9.70 Å². The van der Waals surface area contributed by atoms with E-state index in [-0.39, 0.29) is 5.91 Å². The Morgan fingerprint density at radius 3 is 2.45 bits per heavy atom. The Morgan fingerprint density at radius 1 is 1.23 bits per heavy atom. The first-order valence-electron chi connectivity index (χ1n) is 7.44. The SMILES string of the molecule is CCCCCC(=O)N[C@H](Nc1ccc(C)cc1C)C(Cl)(Cl)Cl. The Bertz CT molecular complexity index is 501. The molecule has 6 heteroatoms. The van der Waals surface area contributed by atoms with Crippen molar-refractivity contribution in [3.63, 3.8) is 0 Å². The van der Waals surface area contributed by atoms with E-state index >= 15 is 0 Å². The van der Waals surface area contributed by atoms with Crippen LogP contribution in [0.3, 0.4) is 0 Å². The second-order valence-corrected chi connectivity index (χ2v) is 7.83. The number of hydrogen-bond acceptors (Lipinski definition) is 2. The number of rotatable bonds is 7. The summed E-state index contributed by atoms with van der Waals surface area (Å²) in [6.07, 6.45) is 2.55. The monoisotopic (exact) mass is 364 g/mol. The summed E-state index contributed by atoms with van der Waals surface area (Å²) in [5, 5.41) is 5.87. The van der Waals surface area contributed by atoms with Crippen molar-refractivity contribution < 1.29 is 4.79 Å². The van der Waals surface area contributed by atoms with Crippen molar-refractivity contribution in [3.05, 3.63) is 29.3 Å². The molecule has 1 aromatic rings. The van der Waals surface area contributed by atoms with E-state index in [9.17, 15) is 4.79 Å². The summed E-state index contributed by atoms with van der Waals surface area (Å²) in [6.45, 7) is 6.07. The average molecular weight is 366 g/mol. The van der Waals surface area contributed by atoms with Crippen LogP contribution >= 0.6 is 34.8 Å². The van der Waals surface area contributed by atoms with Gasteiger partial charge in [0.05, 0.1) is 0 Å². The highest BCUT2D eigenvalue weighted by molar-refractivity contribution is 6.68. The van der Waals surface area contributed by atoms with Gasteiger partial charge in [0, 0.05) is 12.1 Å². The standard InChI is InChI=1S/C16H23Cl3N2O/c1-4-5-6-7-14(22)21-15(16(17,18)19)20-13-9-8-11(2)10-12(13)3/h8-10,15,20H,4-7H2,1-3H3,(H,21,22)/t15-/m0/s1. The Balaban J connectivity index is 2.75. The van der Waals surface area contributed by atoms with Crippen molar-refractivity contribution in [1.82, 2.24) is 5.32 Å². The van der Waals surface area contributed by atoms with Crippen LogP contribution in [-0.2, 0) is 4.79 Å². The summed E-state index contributed by atoms with van der Waals surface area (Å²) in [4.78, 5) is 12.0. The fourth-order valence-electron chi connectivity index (χ4n) is 2.10. The van der Waals surface area contributed by atoms with Gasteiger partial charge in [-0.15, -0.1) is 0 Å². The van der Waals surface area contributed by atoms with Crippen molar-refractivity contribution in [1.29, 1.82) is 0 Å². The van der Waals surface area contributed by atoms with Crippen molar-refractivity contribution in [3.8, 4) is 0 Å². The molecule has 0 spiro atoms. The highest BCUT2D eigenvalue weighted by Crippen LogP contribution is 2.32. The van der Waals surface area contributed by atoms with Crippen LogP contribution in [0.5, 0.6) is 0 Å². The van der Waals surface area contributed by atoms with E-state index < -0.39 is 9.96 Å². The highest BCUT2D eigenvalue weighted by atomic mass is 35.6. The fourth-order valence-corrected chi connectivity index (χ4v) is 2.43. The Kier molecular flexibility index (Phi) is 7.81. The molecule has 1 rings (SSSR count). The van der Waals surface area contributed by atoms with E-state index in [1.54, 1.807) is 0 Å². The van der Waals surface area contributed by atoms with Gasteiger partial charge in [0.1, 0.15) is 6.17 Å². The number of unbranched alkanes of at least 4 members (excludes halogenated alkanes) is 2. The number of nitrogens with one attached hydrogen (secondary N) is 2. The lowest BCUT2D eigenvalue weighted by Crippen LogP contribution is -2.49.